The van der Waals surface area contributed by atoms with E-state index in [-0.39, 0.29) is 11.6 Å². The van der Waals surface area contributed by atoms with E-state index in [2.05, 4.69) is 0 Å². The average molecular weight is 246 g/mol. The Hall–Kier alpha value is -1.64. The van der Waals surface area contributed by atoms with Crippen molar-refractivity contribution in [1.82, 2.24) is 0 Å². The fourth-order valence-electron chi connectivity index (χ4n) is 2.72. The van der Waals surface area contributed by atoms with Gasteiger partial charge in [0.25, 0.3) is 0 Å². The first-order valence-electron chi connectivity index (χ1n) is 6.26. The Morgan fingerprint density at radius 2 is 1.94 bits per heavy atom. The van der Waals surface area contributed by atoms with E-state index < -0.39 is 5.41 Å². The summed E-state index contributed by atoms with van der Waals surface area (Å²) >= 11 is 0. The molecule has 0 N–H and O–H groups in total. The summed E-state index contributed by atoms with van der Waals surface area (Å²) in [5, 5.41) is 0. The lowest BCUT2D eigenvalue weighted by molar-refractivity contribution is -0.127. The van der Waals surface area contributed by atoms with Crippen LogP contribution in [0, 0.1) is 0 Å². The van der Waals surface area contributed by atoms with Gasteiger partial charge < -0.3 is 4.74 Å². The Balaban J connectivity index is 2.40. The Kier molecular flexibility index (Phi) is 3.50. The van der Waals surface area contributed by atoms with E-state index in [1.165, 1.54) is 0 Å². The van der Waals surface area contributed by atoms with Crippen LogP contribution in [-0.2, 0) is 15.0 Å². The quantitative estimate of drug-likeness (QED) is 0.823. The first-order chi connectivity index (χ1) is 8.58. The van der Waals surface area contributed by atoms with E-state index in [0.717, 1.165) is 11.3 Å². The van der Waals surface area contributed by atoms with Gasteiger partial charge in [-0.3, -0.25) is 9.59 Å². The van der Waals surface area contributed by atoms with E-state index in [1.807, 2.05) is 24.3 Å². The van der Waals surface area contributed by atoms with Crippen molar-refractivity contribution in [2.45, 2.75) is 38.0 Å². The van der Waals surface area contributed by atoms with Crippen LogP contribution in [0.1, 0.15) is 38.2 Å². The first-order valence-corrected chi connectivity index (χ1v) is 6.26. The first kappa shape index (κ1) is 12.8. The summed E-state index contributed by atoms with van der Waals surface area (Å²) in [5.74, 6) is 1.16. The van der Waals surface area contributed by atoms with Crippen LogP contribution >= 0.6 is 0 Å². The second-order valence-electron chi connectivity index (χ2n) is 4.91. The summed E-state index contributed by atoms with van der Waals surface area (Å²) in [4.78, 5) is 23.5. The van der Waals surface area contributed by atoms with Crippen LogP contribution < -0.4 is 4.74 Å². The van der Waals surface area contributed by atoms with E-state index in [9.17, 15) is 9.59 Å². The molecule has 1 aliphatic carbocycles. The highest BCUT2D eigenvalue weighted by atomic mass is 16.5. The van der Waals surface area contributed by atoms with Crippen molar-refractivity contribution in [2.24, 2.45) is 0 Å². The zero-order valence-corrected chi connectivity index (χ0v) is 10.9. The number of hydrogen-bond acceptors (Lipinski definition) is 3. The molecule has 0 spiro atoms. The number of benzene rings is 1. The lowest BCUT2D eigenvalue weighted by atomic mass is 9.67. The summed E-state index contributed by atoms with van der Waals surface area (Å²) < 4.78 is 5.21. The minimum atomic E-state index is -0.498. The third-order valence-corrected chi connectivity index (χ3v) is 3.96. The van der Waals surface area contributed by atoms with Crippen molar-refractivity contribution in [1.29, 1.82) is 0 Å². The van der Waals surface area contributed by atoms with E-state index in [4.69, 9.17) is 4.74 Å². The number of carbonyl (C=O) groups excluding carboxylic acids is 2. The minimum Gasteiger partial charge on any atom is -0.497 e. The summed E-state index contributed by atoms with van der Waals surface area (Å²) in [6.07, 6.45) is 2.23. The lowest BCUT2D eigenvalue weighted by Gasteiger charge is -2.35. The molecule has 0 radical (unpaired) electrons. The smallest absolute Gasteiger partial charge is 0.140 e. The Labute approximate surface area is 107 Å². The molecule has 2 rings (SSSR count). The van der Waals surface area contributed by atoms with Gasteiger partial charge in [0.2, 0.25) is 0 Å². The van der Waals surface area contributed by atoms with Crippen LogP contribution in [0.5, 0.6) is 5.75 Å². The molecule has 3 nitrogen and oxygen atoms in total. The average Bonchev–Trinajstić information content (AvgIpc) is 2.39. The highest BCUT2D eigenvalue weighted by Crippen LogP contribution is 2.40. The third kappa shape index (κ3) is 2.17. The fraction of sp³-hybridized carbons (Fsp3) is 0.467. The number of rotatable bonds is 3. The molecule has 1 fully saturated rings. The molecule has 0 aromatic heterocycles. The van der Waals surface area contributed by atoms with Crippen molar-refractivity contribution in [2.75, 3.05) is 7.11 Å². The van der Waals surface area contributed by atoms with Crippen LogP contribution in [0.4, 0.5) is 0 Å². The van der Waals surface area contributed by atoms with Gasteiger partial charge in [-0.2, -0.15) is 0 Å². The van der Waals surface area contributed by atoms with E-state index in [0.29, 0.717) is 25.7 Å². The highest BCUT2D eigenvalue weighted by Gasteiger charge is 2.40. The number of ketones is 2. The largest absolute Gasteiger partial charge is 0.497 e. The van der Waals surface area contributed by atoms with Gasteiger partial charge in [-0.1, -0.05) is 12.1 Å². The number of methoxy groups -OCH3 is 1. The maximum Gasteiger partial charge on any atom is 0.140 e. The summed E-state index contributed by atoms with van der Waals surface area (Å²) in [5.41, 5.74) is 0.476. The van der Waals surface area contributed by atoms with Gasteiger partial charge in [0, 0.05) is 12.8 Å². The van der Waals surface area contributed by atoms with Crippen LogP contribution in [0.15, 0.2) is 24.3 Å². The topological polar surface area (TPSA) is 43.4 Å². The molecule has 96 valence electrons. The van der Waals surface area contributed by atoms with Gasteiger partial charge in [-0.05, 0) is 37.5 Å². The monoisotopic (exact) mass is 246 g/mol. The van der Waals surface area contributed by atoms with Crippen molar-refractivity contribution >= 4 is 11.6 Å². The van der Waals surface area contributed by atoms with E-state index in [1.54, 1.807) is 14.0 Å². The molecular formula is C15H18O3. The SMILES string of the molecule is COc1cccc(C2(C(C)=O)CCC(=O)CC2)c1. The molecule has 0 amide bonds. The molecule has 0 heterocycles. The minimum absolute atomic E-state index is 0.142. The van der Waals surface area contributed by atoms with Gasteiger partial charge in [0.05, 0.1) is 12.5 Å². The molecule has 18 heavy (non-hydrogen) atoms. The van der Waals surface area contributed by atoms with Crippen LogP contribution in [0.25, 0.3) is 0 Å². The number of Topliss-reactive ketones (excluding diaryl/α,β-unsaturated/α-hetero) is 2. The molecule has 1 aromatic rings. The molecule has 3 heteroatoms. The van der Waals surface area contributed by atoms with Gasteiger partial charge in [0.15, 0.2) is 0 Å². The van der Waals surface area contributed by atoms with Crippen molar-refractivity contribution < 1.29 is 14.3 Å². The molecule has 0 saturated heterocycles. The number of ether oxygens (including phenoxy) is 1. The second-order valence-corrected chi connectivity index (χ2v) is 4.91. The van der Waals surface area contributed by atoms with Gasteiger partial charge in [-0.25, -0.2) is 0 Å². The Morgan fingerprint density at radius 1 is 1.28 bits per heavy atom. The maximum atomic E-state index is 12.1. The third-order valence-electron chi connectivity index (χ3n) is 3.96. The molecule has 0 aliphatic heterocycles. The fourth-order valence-corrected chi connectivity index (χ4v) is 2.72. The predicted molar refractivity (Wildman–Crippen MR) is 68.8 cm³/mol. The molecule has 0 bridgehead atoms. The maximum absolute atomic E-state index is 12.1. The van der Waals surface area contributed by atoms with Crippen molar-refractivity contribution in [3.05, 3.63) is 29.8 Å². The van der Waals surface area contributed by atoms with Crippen molar-refractivity contribution in [3.63, 3.8) is 0 Å². The van der Waals surface area contributed by atoms with Gasteiger partial charge in [0.1, 0.15) is 17.3 Å². The van der Waals surface area contributed by atoms with E-state index >= 15 is 0 Å². The zero-order chi connectivity index (χ0) is 13.2. The van der Waals surface area contributed by atoms with Crippen molar-refractivity contribution in [3.8, 4) is 5.75 Å². The molecule has 0 unspecified atom stereocenters. The molecular weight excluding hydrogens is 228 g/mol. The summed E-state index contributed by atoms with van der Waals surface area (Å²) in [6, 6.07) is 7.64. The standard InChI is InChI=1S/C15H18O3/c1-11(16)15(8-6-13(17)7-9-15)12-4-3-5-14(10-12)18-2/h3-5,10H,6-9H2,1-2H3. The number of carbonyl (C=O) groups is 2. The predicted octanol–water partition coefficient (Wildman–Crippen LogP) is 2.67. The summed E-state index contributed by atoms with van der Waals surface area (Å²) in [6.45, 7) is 1.62. The van der Waals surface area contributed by atoms with Gasteiger partial charge in [-0.15, -0.1) is 0 Å². The number of hydrogen-bond donors (Lipinski definition) is 0. The zero-order valence-electron chi connectivity index (χ0n) is 10.9. The summed E-state index contributed by atoms with van der Waals surface area (Å²) in [7, 11) is 1.62. The highest BCUT2D eigenvalue weighted by molar-refractivity contribution is 5.91. The van der Waals surface area contributed by atoms with Crippen LogP contribution in [-0.4, -0.2) is 18.7 Å². The molecule has 0 atom stereocenters. The second kappa shape index (κ2) is 4.92. The normalized spacial score (nSPS) is 18.4. The Bertz CT molecular complexity index is 466. The molecule has 1 aromatic carbocycles. The van der Waals surface area contributed by atoms with Crippen LogP contribution in [0.3, 0.4) is 0 Å². The Morgan fingerprint density at radius 3 is 2.50 bits per heavy atom. The molecule has 1 saturated carbocycles. The van der Waals surface area contributed by atoms with Gasteiger partial charge >= 0.3 is 0 Å². The van der Waals surface area contributed by atoms with Crippen LogP contribution in [0.2, 0.25) is 0 Å². The lowest BCUT2D eigenvalue weighted by Crippen LogP contribution is -2.38. The molecule has 1 aliphatic rings.